The number of amides is 1. The third-order valence-electron chi connectivity index (χ3n) is 7.95. The third kappa shape index (κ3) is 6.69. The number of benzene rings is 1. The summed E-state index contributed by atoms with van der Waals surface area (Å²) in [5.41, 5.74) is 2.03. The average Bonchev–Trinajstić information content (AvgIpc) is 3.53. The van der Waals surface area contributed by atoms with Gasteiger partial charge in [0, 0.05) is 60.7 Å². The van der Waals surface area contributed by atoms with Crippen LogP contribution in [0.25, 0.3) is 21.1 Å². The lowest BCUT2D eigenvalue weighted by atomic mass is 10.0. The SMILES string of the molecule is N#Cc1cc2cc(CN3CCC(Nc4ncnc5sc(CC(F)(F)F)cc45)CC3)c(O)cc2n1CC[C@@H]1CNC(=O)CO1. The van der Waals surface area contributed by atoms with Crippen LogP contribution in [0, 0.1) is 11.3 Å². The number of fused-ring (bicyclic) bond motifs is 2. The van der Waals surface area contributed by atoms with Crippen LogP contribution in [-0.2, 0) is 29.0 Å². The molecule has 43 heavy (non-hydrogen) atoms. The fourth-order valence-corrected chi connectivity index (χ4v) is 6.80. The first-order chi connectivity index (χ1) is 20.6. The molecule has 0 unspecified atom stereocenters. The van der Waals surface area contributed by atoms with E-state index in [2.05, 4.69) is 31.6 Å². The van der Waals surface area contributed by atoms with Gasteiger partial charge in [0.2, 0.25) is 5.91 Å². The van der Waals surface area contributed by atoms with Gasteiger partial charge in [-0.15, -0.1) is 11.3 Å². The van der Waals surface area contributed by atoms with Gasteiger partial charge in [-0.3, -0.25) is 9.69 Å². The lowest BCUT2D eigenvalue weighted by Gasteiger charge is -2.32. The van der Waals surface area contributed by atoms with Crippen molar-refractivity contribution in [2.24, 2.45) is 0 Å². The van der Waals surface area contributed by atoms with Gasteiger partial charge < -0.3 is 25.0 Å². The minimum Gasteiger partial charge on any atom is -0.508 e. The molecule has 3 aromatic heterocycles. The summed E-state index contributed by atoms with van der Waals surface area (Å²) < 4.78 is 46.1. The first kappa shape index (κ1) is 29.2. The number of nitrogens with zero attached hydrogens (tertiary/aromatic N) is 5. The number of halogens is 3. The normalized spacial score (nSPS) is 18.7. The maximum Gasteiger partial charge on any atom is 0.393 e. The van der Waals surface area contributed by atoms with E-state index < -0.39 is 12.6 Å². The van der Waals surface area contributed by atoms with Gasteiger partial charge in [-0.05, 0) is 37.5 Å². The number of aromatic nitrogens is 3. The zero-order valence-corrected chi connectivity index (χ0v) is 24.0. The van der Waals surface area contributed by atoms with Gasteiger partial charge in [-0.1, -0.05) is 0 Å². The summed E-state index contributed by atoms with van der Waals surface area (Å²) in [7, 11) is 0. The summed E-state index contributed by atoms with van der Waals surface area (Å²) in [5, 5.41) is 28.3. The predicted octanol–water partition coefficient (Wildman–Crippen LogP) is 4.31. The highest BCUT2D eigenvalue weighted by atomic mass is 32.1. The monoisotopic (exact) mass is 613 g/mol. The van der Waals surface area contributed by atoms with Gasteiger partial charge in [0.1, 0.15) is 41.1 Å². The first-order valence-electron chi connectivity index (χ1n) is 14.1. The van der Waals surface area contributed by atoms with Gasteiger partial charge >= 0.3 is 6.18 Å². The largest absolute Gasteiger partial charge is 0.508 e. The number of anilines is 1. The zero-order valence-electron chi connectivity index (χ0n) is 23.2. The fraction of sp³-hybridized carbons (Fsp3) is 0.448. The number of thiophene rings is 1. The molecule has 2 aliphatic rings. The number of ether oxygens (including phenoxy) is 1. The lowest BCUT2D eigenvalue weighted by molar-refractivity contribution is -0.133. The van der Waals surface area contributed by atoms with Crippen LogP contribution in [0.4, 0.5) is 19.0 Å². The van der Waals surface area contributed by atoms with Crippen molar-refractivity contribution in [1.29, 1.82) is 5.26 Å². The van der Waals surface area contributed by atoms with Crippen LogP contribution in [-0.4, -0.2) is 75.0 Å². The Bertz CT molecular complexity index is 1680. The first-order valence-corrected chi connectivity index (χ1v) is 14.9. The summed E-state index contributed by atoms with van der Waals surface area (Å²) in [4.78, 5) is 22.8. The number of morpholine rings is 1. The molecule has 0 aliphatic carbocycles. The molecule has 1 atom stereocenters. The molecule has 14 heteroatoms. The quantitative estimate of drug-likeness (QED) is 0.268. The standard InChI is InChI=1S/C29H30F3N7O3S/c30-29(31,32)11-22-9-23-27(35-16-36-28(23)43-22)37-19-1-4-38(5-2-19)14-18-7-17-8-20(12-33)39(24(17)10-25(18)40)6-3-21-13-34-26(41)15-42-21/h7-10,16,19,21,40H,1-6,11,13-15H2,(H,34,41)(H,35,36,37)/t21-/m1/s1. The second kappa shape index (κ2) is 12.0. The summed E-state index contributed by atoms with van der Waals surface area (Å²) >= 11 is 1.04. The number of hydrogen-bond acceptors (Lipinski definition) is 9. The maximum absolute atomic E-state index is 12.9. The molecule has 226 valence electrons. The Morgan fingerprint density at radius 1 is 1.21 bits per heavy atom. The minimum atomic E-state index is -4.28. The lowest BCUT2D eigenvalue weighted by Crippen LogP contribution is -2.43. The van der Waals surface area contributed by atoms with Crippen molar-refractivity contribution < 1.29 is 27.8 Å². The molecule has 0 bridgehead atoms. The number of alkyl halides is 3. The second-order valence-corrected chi connectivity index (χ2v) is 12.1. The number of carbonyl (C=O) groups excluding carboxylic acids is 1. The summed E-state index contributed by atoms with van der Waals surface area (Å²) in [6, 6.07) is 9.33. The number of carbonyl (C=O) groups is 1. The van der Waals surface area contributed by atoms with Crippen molar-refractivity contribution in [3.8, 4) is 11.8 Å². The van der Waals surface area contributed by atoms with Gasteiger partial charge in [0.05, 0.1) is 23.4 Å². The molecule has 10 nitrogen and oxygen atoms in total. The molecule has 2 saturated heterocycles. The molecule has 5 heterocycles. The van der Waals surface area contributed by atoms with Crippen molar-refractivity contribution in [1.82, 2.24) is 24.8 Å². The van der Waals surface area contributed by atoms with Crippen LogP contribution in [0.5, 0.6) is 5.75 Å². The van der Waals surface area contributed by atoms with E-state index in [0.717, 1.165) is 53.7 Å². The smallest absolute Gasteiger partial charge is 0.393 e. The highest BCUT2D eigenvalue weighted by Crippen LogP contribution is 2.34. The number of hydrogen-bond donors (Lipinski definition) is 3. The Hall–Kier alpha value is -3.93. The second-order valence-electron chi connectivity index (χ2n) is 11.0. The topological polar surface area (TPSA) is 128 Å². The highest BCUT2D eigenvalue weighted by molar-refractivity contribution is 7.18. The maximum atomic E-state index is 12.9. The Kier molecular flexibility index (Phi) is 8.13. The van der Waals surface area contributed by atoms with Gasteiger partial charge in [0.25, 0.3) is 0 Å². The number of aromatic hydroxyl groups is 1. The molecule has 0 saturated carbocycles. The van der Waals surface area contributed by atoms with E-state index in [0.29, 0.717) is 47.8 Å². The Labute approximate surface area is 249 Å². The Balaban J connectivity index is 1.08. The summed E-state index contributed by atoms with van der Waals surface area (Å²) in [6.07, 6.45) is -1.80. The fourth-order valence-electron chi connectivity index (χ4n) is 5.77. The van der Waals surface area contributed by atoms with Gasteiger partial charge in [0.15, 0.2) is 0 Å². The molecule has 4 aromatic rings. The molecule has 1 amide bonds. The summed E-state index contributed by atoms with van der Waals surface area (Å²) in [5.74, 6) is 0.576. The van der Waals surface area contributed by atoms with E-state index in [1.807, 2.05) is 16.7 Å². The third-order valence-corrected chi connectivity index (χ3v) is 8.99. The van der Waals surface area contributed by atoms with E-state index in [9.17, 15) is 28.3 Å². The van der Waals surface area contributed by atoms with E-state index >= 15 is 0 Å². The van der Waals surface area contributed by atoms with Crippen LogP contribution in [0.1, 0.15) is 35.4 Å². The molecule has 2 aliphatic heterocycles. The molecule has 0 radical (unpaired) electrons. The molecule has 6 rings (SSSR count). The number of phenolic OH excluding ortho intramolecular Hbond substituents is 1. The number of nitriles is 1. The Morgan fingerprint density at radius 3 is 2.74 bits per heavy atom. The van der Waals surface area contributed by atoms with Gasteiger partial charge in [-0.25, -0.2) is 9.97 Å². The zero-order chi connectivity index (χ0) is 30.1. The van der Waals surface area contributed by atoms with Crippen molar-refractivity contribution >= 4 is 44.2 Å². The van der Waals surface area contributed by atoms with Gasteiger partial charge in [-0.2, -0.15) is 18.4 Å². The van der Waals surface area contributed by atoms with Crippen LogP contribution in [0.2, 0.25) is 0 Å². The number of phenols is 1. The van der Waals surface area contributed by atoms with Crippen LogP contribution in [0.3, 0.4) is 0 Å². The van der Waals surface area contributed by atoms with E-state index in [4.69, 9.17) is 4.74 Å². The molecule has 0 spiro atoms. The Morgan fingerprint density at radius 2 is 2.02 bits per heavy atom. The van der Waals surface area contributed by atoms with Crippen molar-refractivity contribution in [2.75, 3.05) is 31.6 Å². The number of piperidine rings is 1. The predicted molar refractivity (Wildman–Crippen MR) is 155 cm³/mol. The van der Waals surface area contributed by atoms with E-state index in [-0.39, 0.29) is 35.3 Å². The molecule has 3 N–H and O–H groups in total. The number of rotatable bonds is 8. The van der Waals surface area contributed by atoms with Crippen molar-refractivity contribution in [3.05, 3.63) is 46.7 Å². The van der Waals surface area contributed by atoms with Crippen LogP contribution in [0.15, 0.2) is 30.6 Å². The molecule has 1 aromatic carbocycles. The van der Waals surface area contributed by atoms with E-state index in [1.54, 1.807) is 6.07 Å². The number of likely N-dealkylation sites (tertiary alicyclic amines) is 1. The van der Waals surface area contributed by atoms with Crippen LogP contribution >= 0.6 is 11.3 Å². The number of aryl methyl sites for hydroxylation is 1. The van der Waals surface area contributed by atoms with Crippen molar-refractivity contribution in [3.63, 3.8) is 0 Å². The molecular formula is C29H30F3N7O3S. The van der Waals surface area contributed by atoms with Crippen LogP contribution < -0.4 is 10.6 Å². The number of nitrogens with one attached hydrogen (secondary N) is 2. The van der Waals surface area contributed by atoms with E-state index in [1.165, 1.54) is 12.4 Å². The molecule has 2 fully saturated rings. The minimum absolute atomic E-state index is 0.0327. The highest BCUT2D eigenvalue weighted by Gasteiger charge is 2.29. The van der Waals surface area contributed by atoms with Crippen molar-refractivity contribution in [2.45, 2.75) is 57.1 Å². The molecular weight excluding hydrogens is 583 g/mol. The average molecular weight is 614 g/mol. The summed E-state index contributed by atoms with van der Waals surface area (Å²) in [6.45, 7) is 3.04.